The van der Waals surface area contributed by atoms with E-state index in [0.717, 1.165) is 15.7 Å². The first-order valence-electron chi connectivity index (χ1n) is 9.62. The summed E-state index contributed by atoms with van der Waals surface area (Å²) in [4.78, 5) is 12.9. The molecule has 0 saturated heterocycles. The van der Waals surface area contributed by atoms with Crippen LogP contribution in [0.25, 0.3) is 0 Å². The van der Waals surface area contributed by atoms with Gasteiger partial charge in [-0.05, 0) is 37.6 Å². The van der Waals surface area contributed by atoms with Gasteiger partial charge in [0.15, 0.2) is 5.16 Å². The molecule has 1 amide bonds. The number of rotatable bonds is 8. The van der Waals surface area contributed by atoms with E-state index in [1.807, 2.05) is 41.8 Å². The molecule has 0 radical (unpaired) electrons. The van der Waals surface area contributed by atoms with Crippen molar-refractivity contribution in [1.29, 1.82) is 0 Å². The van der Waals surface area contributed by atoms with Gasteiger partial charge in [-0.25, -0.2) is 12.7 Å². The molecule has 0 aliphatic carbocycles. The van der Waals surface area contributed by atoms with Gasteiger partial charge < -0.3 is 9.88 Å². The molecule has 3 aromatic rings. The van der Waals surface area contributed by atoms with Gasteiger partial charge in [0.25, 0.3) is 0 Å². The molecule has 164 valence electrons. The second-order valence-corrected chi connectivity index (χ2v) is 10.6. The van der Waals surface area contributed by atoms with E-state index < -0.39 is 15.3 Å². The van der Waals surface area contributed by atoms with E-state index in [1.54, 1.807) is 19.1 Å². The Hall–Kier alpha value is -2.69. The minimum absolute atomic E-state index is 0.119. The number of amides is 1. The van der Waals surface area contributed by atoms with Crippen molar-refractivity contribution < 1.29 is 13.2 Å². The number of hydrogen-bond acceptors (Lipinski definition) is 6. The first-order valence-corrected chi connectivity index (χ1v) is 11.9. The molecule has 0 aliphatic heterocycles. The molecule has 1 heterocycles. The van der Waals surface area contributed by atoms with E-state index in [2.05, 4.69) is 15.5 Å². The number of aromatic nitrogens is 3. The van der Waals surface area contributed by atoms with Gasteiger partial charge in [-0.3, -0.25) is 4.79 Å². The molecule has 2 aromatic carbocycles. The summed E-state index contributed by atoms with van der Waals surface area (Å²) >= 11 is 1.30. The van der Waals surface area contributed by atoms with Crippen LogP contribution in [0.1, 0.15) is 18.3 Å². The summed E-state index contributed by atoms with van der Waals surface area (Å²) in [5, 5.41) is 11.3. The summed E-state index contributed by atoms with van der Waals surface area (Å²) in [6.45, 7) is 4.26. The normalized spacial score (nSPS) is 12.7. The second-order valence-electron chi connectivity index (χ2n) is 7.17. The fourth-order valence-electron chi connectivity index (χ4n) is 2.80. The number of benzene rings is 2. The van der Waals surface area contributed by atoms with Crippen LogP contribution >= 0.6 is 11.8 Å². The summed E-state index contributed by atoms with van der Waals surface area (Å²) in [5.41, 5.74) is 1.53. The maximum atomic E-state index is 12.7. The fraction of sp³-hybridized carbons (Fsp3) is 0.286. The van der Waals surface area contributed by atoms with Gasteiger partial charge in [0.05, 0.1) is 16.7 Å². The number of nitrogens with zero attached hydrogens (tertiary/aromatic N) is 4. The smallest absolute Gasteiger partial charge is 0.242 e. The molecule has 0 fully saturated rings. The maximum Gasteiger partial charge on any atom is 0.242 e. The van der Waals surface area contributed by atoms with Gasteiger partial charge in [-0.2, -0.15) is 0 Å². The molecule has 10 heteroatoms. The number of carbonyl (C=O) groups is 1. The largest absolute Gasteiger partial charge is 0.325 e. The molecule has 0 aliphatic rings. The zero-order chi connectivity index (χ0) is 22.6. The van der Waals surface area contributed by atoms with Crippen LogP contribution in [-0.4, -0.2) is 52.7 Å². The van der Waals surface area contributed by atoms with Crippen LogP contribution in [0, 0.1) is 6.92 Å². The van der Waals surface area contributed by atoms with Crippen molar-refractivity contribution in [3.05, 3.63) is 66.0 Å². The van der Waals surface area contributed by atoms with Crippen LogP contribution in [-0.2, 0) is 21.4 Å². The lowest BCUT2D eigenvalue weighted by molar-refractivity contribution is -0.115. The molecule has 3 rings (SSSR count). The monoisotopic (exact) mass is 459 g/mol. The van der Waals surface area contributed by atoms with Gasteiger partial charge in [0.2, 0.25) is 15.9 Å². The Morgan fingerprint density at radius 2 is 1.84 bits per heavy atom. The van der Waals surface area contributed by atoms with Crippen molar-refractivity contribution in [3.8, 4) is 0 Å². The van der Waals surface area contributed by atoms with Crippen molar-refractivity contribution >= 4 is 33.4 Å². The Morgan fingerprint density at radius 1 is 1.13 bits per heavy atom. The zero-order valence-electron chi connectivity index (χ0n) is 17.8. The molecule has 1 aromatic heterocycles. The maximum absolute atomic E-state index is 12.7. The highest BCUT2D eigenvalue weighted by molar-refractivity contribution is 8.00. The topological polar surface area (TPSA) is 97.2 Å². The lowest BCUT2D eigenvalue weighted by Crippen LogP contribution is -2.24. The highest BCUT2D eigenvalue weighted by atomic mass is 32.2. The summed E-state index contributed by atoms with van der Waals surface area (Å²) in [7, 11) is -0.651. The number of nitrogens with one attached hydrogen (secondary N) is 1. The number of anilines is 1. The van der Waals surface area contributed by atoms with E-state index in [4.69, 9.17) is 0 Å². The highest BCUT2D eigenvalue weighted by Gasteiger charge is 2.21. The Labute approximate surface area is 186 Å². The quantitative estimate of drug-likeness (QED) is 0.520. The van der Waals surface area contributed by atoms with Crippen LogP contribution in [0.15, 0.2) is 64.6 Å². The molecule has 31 heavy (non-hydrogen) atoms. The number of hydrogen-bond donors (Lipinski definition) is 1. The van der Waals surface area contributed by atoms with E-state index in [1.165, 1.54) is 38.0 Å². The first-order chi connectivity index (χ1) is 14.7. The summed E-state index contributed by atoms with van der Waals surface area (Å²) in [6.07, 6.45) is 0. The van der Waals surface area contributed by atoms with Gasteiger partial charge in [0, 0.05) is 19.8 Å². The molecule has 1 atom stereocenters. The van der Waals surface area contributed by atoms with Crippen LogP contribution in [0.3, 0.4) is 0 Å². The van der Waals surface area contributed by atoms with Crippen LogP contribution in [0.5, 0.6) is 0 Å². The molecule has 1 N–H and O–H groups in total. The van der Waals surface area contributed by atoms with Crippen molar-refractivity contribution in [1.82, 2.24) is 19.1 Å². The average molecular weight is 460 g/mol. The zero-order valence-corrected chi connectivity index (χ0v) is 19.4. The SMILES string of the molecule is Cc1nnc(SC(C)C(=O)Nc2cccc(S(=O)(=O)N(C)C)c2)n1Cc1ccccc1. The Morgan fingerprint density at radius 3 is 2.52 bits per heavy atom. The van der Waals surface area contributed by atoms with Crippen LogP contribution in [0.4, 0.5) is 5.69 Å². The third-order valence-corrected chi connectivity index (χ3v) is 7.51. The number of sulfonamides is 1. The molecule has 1 unspecified atom stereocenters. The van der Waals surface area contributed by atoms with E-state index in [-0.39, 0.29) is 10.8 Å². The van der Waals surface area contributed by atoms with E-state index in [9.17, 15) is 13.2 Å². The van der Waals surface area contributed by atoms with Crippen molar-refractivity contribution in [2.75, 3.05) is 19.4 Å². The lowest BCUT2D eigenvalue weighted by Gasteiger charge is -2.15. The number of aryl methyl sites for hydroxylation is 1. The van der Waals surface area contributed by atoms with Gasteiger partial charge in [-0.1, -0.05) is 48.2 Å². The van der Waals surface area contributed by atoms with Gasteiger partial charge in [0.1, 0.15) is 5.82 Å². The first kappa shape index (κ1) is 23.0. The molecule has 0 saturated carbocycles. The van der Waals surface area contributed by atoms with E-state index >= 15 is 0 Å². The predicted molar refractivity (Wildman–Crippen MR) is 122 cm³/mol. The summed E-state index contributed by atoms with van der Waals surface area (Å²) in [6, 6.07) is 16.2. The standard InChI is InChI=1S/C21H25N5O3S2/c1-15(20(27)22-18-11-8-12-19(13-18)31(28,29)25(3)4)30-21-24-23-16(2)26(21)14-17-9-6-5-7-10-17/h5-13,15H,14H2,1-4H3,(H,22,27). The summed E-state index contributed by atoms with van der Waals surface area (Å²) in [5.74, 6) is 0.511. The van der Waals surface area contributed by atoms with Gasteiger partial charge >= 0.3 is 0 Å². The Balaban J connectivity index is 1.71. The fourth-order valence-corrected chi connectivity index (χ4v) is 4.64. The minimum atomic E-state index is -3.58. The predicted octanol–water partition coefficient (Wildman–Crippen LogP) is 3.00. The third-order valence-electron chi connectivity index (χ3n) is 4.62. The molecular formula is C21H25N5O3S2. The summed E-state index contributed by atoms with van der Waals surface area (Å²) < 4.78 is 27.8. The van der Waals surface area contributed by atoms with Crippen molar-refractivity contribution in [2.24, 2.45) is 0 Å². The van der Waals surface area contributed by atoms with Crippen molar-refractivity contribution in [3.63, 3.8) is 0 Å². The third kappa shape index (κ3) is 5.52. The van der Waals surface area contributed by atoms with Crippen molar-refractivity contribution in [2.45, 2.75) is 35.7 Å². The van der Waals surface area contributed by atoms with Crippen LogP contribution in [0.2, 0.25) is 0 Å². The molecule has 8 nitrogen and oxygen atoms in total. The highest BCUT2D eigenvalue weighted by Crippen LogP contribution is 2.25. The Bertz CT molecular complexity index is 1160. The average Bonchev–Trinajstić information content (AvgIpc) is 3.08. The minimum Gasteiger partial charge on any atom is -0.325 e. The number of carbonyl (C=O) groups excluding carboxylic acids is 1. The molecule has 0 bridgehead atoms. The molecule has 0 spiro atoms. The van der Waals surface area contributed by atoms with Gasteiger partial charge in [-0.15, -0.1) is 10.2 Å². The molecular weight excluding hydrogens is 434 g/mol. The number of thioether (sulfide) groups is 1. The lowest BCUT2D eigenvalue weighted by atomic mass is 10.2. The van der Waals surface area contributed by atoms with E-state index in [0.29, 0.717) is 17.4 Å². The van der Waals surface area contributed by atoms with Crippen LogP contribution < -0.4 is 5.32 Å². The Kier molecular flexibility index (Phi) is 7.14. The second kappa shape index (κ2) is 9.63.